The van der Waals surface area contributed by atoms with E-state index in [1.165, 1.54) is 77.5 Å². The van der Waals surface area contributed by atoms with Crippen molar-refractivity contribution >= 4 is 53.3 Å². The van der Waals surface area contributed by atoms with E-state index in [2.05, 4.69) is 196 Å². The van der Waals surface area contributed by atoms with Crippen LogP contribution in [0.3, 0.4) is 0 Å². The second-order valence-electron chi connectivity index (χ2n) is 14.2. The van der Waals surface area contributed by atoms with Crippen LogP contribution in [0, 0.1) is 69.2 Å². The molecule has 3 N–H and O–H groups in total. The van der Waals surface area contributed by atoms with E-state index in [9.17, 15) is 0 Å². The Bertz CT molecular complexity index is 1800. The Morgan fingerprint density at radius 1 is 0.368 bits per heavy atom. The molecule has 0 heterocycles. The average Bonchev–Trinajstić information content (AvgIpc) is 3.51. The van der Waals surface area contributed by atoms with Crippen LogP contribution < -0.4 is 27.7 Å². The van der Waals surface area contributed by atoms with Gasteiger partial charge in [-0.05, 0) is 0 Å². The van der Waals surface area contributed by atoms with Gasteiger partial charge in [0.05, 0.1) is 0 Å². The maximum Gasteiger partial charge on any atom is 3.00 e. The predicted octanol–water partition coefficient (Wildman–Crippen LogP) is 10.4. The van der Waals surface area contributed by atoms with Crippen molar-refractivity contribution in [3.8, 4) is 0 Å². The Morgan fingerprint density at radius 3 is 0.684 bits per heavy atom. The molecule has 0 fully saturated rings. The fourth-order valence-electron chi connectivity index (χ4n) is 7.38. The molecule has 0 aliphatic rings. The summed E-state index contributed by atoms with van der Waals surface area (Å²) in [5.41, 5.74) is 20.0. The van der Waals surface area contributed by atoms with Crippen molar-refractivity contribution in [1.29, 1.82) is 0 Å². The van der Waals surface area contributed by atoms with Gasteiger partial charge in [0.15, 0.2) is 0 Å². The molecule has 0 amide bonds. The molecule has 7 rings (SSSR count). The van der Waals surface area contributed by atoms with E-state index in [1.54, 1.807) is 0 Å². The van der Waals surface area contributed by atoms with Gasteiger partial charge in [-0.3, -0.25) is 0 Å². The van der Waals surface area contributed by atoms with Gasteiger partial charge in [0.25, 0.3) is 0 Å². The molecule has 0 aliphatic heterocycles. The predicted molar refractivity (Wildman–Crippen MR) is 248 cm³/mol. The quantitative estimate of drug-likeness (QED) is 0.0630. The van der Waals surface area contributed by atoms with Gasteiger partial charge in [-0.1, -0.05) is 215 Å². The molecule has 0 unspecified atom stereocenters. The van der Waals surface area contributed by atoms with Crippen LogP contribution in [0.2, 0.25) is 0 Å². The van der Waals surface area contributed by atoms with Crippen LogP contribution in [0.5, 0.6) is 0 Å². The summed E-state index contributed by atoms with van der Waals surface area (Å²) in [6.45, 7) is 22.0. The summed E-state index contributed by atoms with van der Waals surface area (Å²) in [6.07, 6.45) is -1.22. The van der Waals surface area contributed by atoms with Crippen molar-refractivity contribution in [2.75, 3.05) is 0 Å². The minimum absolute atomic E-state index is 0. The Balaban J connectivity index is 0.000000422. The summed E-state index contributed by atoms with van der Waals surface area (Å²) in [5, 5.41) is 0. The van der Waals surface area contributed by atoms with Crippen LogP contribution in [0.25, 0.3) is 5.84 Å². The molecule has 7 aromatic rings. The molecule has 7 aromatic carbocycles. The maximum absolute atomic E-state index is 5.25. The summed E-state index contributed by atoms with van der Waals surface area (Å²) >= 11 is 9.70. The van der Waals surface area contributed by atoms with E-state index >= 15 is 0 Å². The second kappa shape index (κ2) is 24.9. The Kier molecular flexibility index (Phi) is 22.4. The molecular weight excluding hydrogens is 815 g/mol. The topological polar surface area (TPSA) is 49.8 Å². The number of nitrogens with two attached hydrogens (primary N) is 1. The van der Waals surface area contributed by atoms with Gasteiger partial charge in [-0.25, -0.2) is 0 Å². The number of nitrogens with one attached hydrogen (secondary N) is 1. The number of benzene rings is 5. The van der Waals surface area contributed by atoms with Crippen molar-refractivity contribution in [3.05, 3.63) is 207 Å². The van der Waals surface area contributed by atoms with Gasteiger partial charge < -0.3 is 36.9 Å². The third kappa shape index (κ3) is 12.4. The summed E-state index contributed by atoms with van der Waals surface area (Å²) in [5.74, 6) is 9.00. The SMILES string of the molecule is Cc1c(C)c(C)[c-](C)c1C.Cc1c(C)c(C)[c-](C)c1C.[Fe+3].[Fe+3].[NH-]N.[S-]c1ccccc1[S-].c1ccc([B-](c2ccccc2)(c2ccccc2)c2ccccc2)cc1. The second-order valence-corrected chi connectivity index (χ2v) is 15.1. The van der Waals surface area contributed by atoms with Gasteiger partial charge >= 0.3 is 34.1 Å². The van der Waals surface area contributed by atoms with Crippen LogP contribution in [0.15, 0.2) is 155 Å². The molecule has 7 heteroatoms. The van der Waals surface area contributed by atoms with Crippen molar-refractivity contribution in [1.82, 2.24) is 0 Å². The molecule has 57 heavy (non-hydrogen) atoms. The molecule has 0 saturated carbocycles. The van der Waals surface area contributed by atoms with E-state index in [-0.39, 0.29) is 34.1 Å². The minimum atomic E-state index is -1.22. The Morgan fingerprint density at radius 2 is 0.544 bits per heavy atom. The van der Waals surface area contributed by atoms with Gasteiger partial charge in [0.2, 0.25) is 0 Å². The Hall–Kier alpha value is -3.74. The fourth-order valence-corrected chi connectivity index (χ4v) is 7.68. The summed E-state index contributed by atoms with van der Waals surface area (Å²) in [4.78, 5) is 1.53. The van der Waals surface area contributed by atoms with E-state index in [1.807, 2.05) is 24.3 Å². The molecule has 2 radical (unpaired) electrons. The molecule has 0 aromatic heterocycles. The zero-order chi connectivity index (χ0) is 40.7. The average molecular weight is 873 g/mol. The van der Waals surface area contributed by atoms with Crippen molar-refractivity contribution in [2.24, 2.45) is 5.84 Å². The summed E-state index contributed by atoms with van der Waals surface area (Å²) in [6, 6.07) is 51.0. The van der Waals surface area contributed by atoms with Crippen LogP contribution in [-0.2, 0) is 59.4 Å². The summed E-state index contributed by atoms with van der Waals surface area (Å²) in [7, 11) is 0. The monoisotopic (exact) mass is 872 g/mol. The molecule has 0 spiro atoms. The maximum atomic E-state index is 5.25. The molecule has 0 atom stereocenters. The fraction of sp³-hybridized carbons (Fsp3) is 0.200. The standard InChI is InChI=1S/C24H20B.2C10H15.C6H6S2.2Fe.H3N2/c1-5-13-21(14-6-1)25(22-15-7-2-8-16-22,23-17-9-3-10-18-23)24-19-11-4-12-20-24;2*1-6-7(2)9(4)10(5)8(6)3;7-5-3-1-2-4-6(5)8;;;1-2/h1-20H;2*1-5H3;1-4,7-8H;;;1H,2H2/q3*-1;;2*+3;-1/p-2. The van der Waals surface area contributed by atoms with E-state index in [0.717, 1.165) is 9.79 Å². The van der Waals surface area contributed by atoms with Gasteiger partial charge in [-0.2, -0.15) is 87.3 Å². The molecule has 298 valence electrons. The minimum Gasteiger partial charge on any atom is -0.781 e. The third-order valence-electron chi connectivity index (χ3n) is 11.7. The van der Waals surface area contributed by atoms with Crippen molar-refractivity contribution < 1.29 is 34.1 Å². The van der Waals surface area contributed by atoms with Crippen molar-refractivity contribution in [2.45, 2.75) is 79.0 Å². The molecule has 0 bridgehead atoms. The first-order valence-corrected chi connectivity index (χ1v) is 19.6. The Labute approximate surface area is 376 Å². The van der Waals surface area contributed by atoms with Gasteiger partial charge in [-0.15, -0.1) is 0 Å². The largest absolute Gasteiger partial charge is 3.00 e. The van der Waals surface area contributed by atoms with Crippen molar-refractivity contribution in [3.63, 3.8) is 0 Å². The summed E-state index contributed by atoms with van der Waals surface area (Å²) < 4.78 is 0. The van der Waals surface area contributed by atoms with E-state index in [4.69, 9.17) is 31.1 Å². The first-order chi connectivity index (χ1) is 26.3. The molecule has 0 aliphatic carbocycles. The van der Waals surface area contributed by atoms with Gasteiger partial charge in [0, 0.05) is 0 Å². The molecule has 0 saturated heterocycles. The zero-order valence-electron chi connectivity index (χ0n) is 35.0. The van der Waals surface area contributed by atoms with E-state index in [0.29, 0.717) is 0 Å². The molecule has 2 nitrogen and oxygen atoms in total. The number of hydrogen-bond donors (Lipinski definition) is 1. The van der Waals surface area contributed by atoms with E-state index < -0.39 is 6.15 Å². The zero-order valence-corrected chi connectivity index (χ0v) is 38.9. The smallest absolute Gasteiger partial charge is 0.781 e. The molecular formula is C50H57BFe2N2S2. The first kappa shape index (κ1) is 51.3. The van der Waals surface area contributed by atoms with Crippen LogP contribution >= 0.6 is 0 Å². The van der Waals surface area contributed by atoms with Gasteiger partial charge in [0.1, 0.15) is 6.15 Å². The van der Waals surface area contributed by atoms with Crippen LogP contribution in [-0.4, -0.2) is 6.15 Å². The normalized spacial score (nSPS) is 9.96. The number of hydrogen-bond acceptors (Lipinski definition) is 3. The van der Waals surface area contributed by atoms with Crippen LogP contribution in [0.1, 0.15) is 55.6 Å². The third-order valence-corrected chi connectivity index (χ3v) is 12.5. The number of rotatable bonds is 4. The first-order valence-electron chi connectivity index (χ1n) is 18.8. The van der Waals surface area contributed by atoms with Crippen LogP contribution in [0.4, 0.5) is 0 Å².